The molecule has 2 aromatic heterocycles. The van der Waals surface area contributed by atoms with Crippen LogP contribution in [0.25, 0.3) is 0 Å². The molecule has 402 valence electrons. The van der Waals surface area contributed by atoms with Crippen LogP contribution in [0.5, 0.6) is 23.3 Å². The van der Waals surface area contributed by atoms with E-state index in [1.807, 2.05) is 4.90 Å². The van der Waals surface area contributed by atoms with Crippen LogP contribution < -0.4 is 39.8 Å². The lowest BCUT2D eigenvalue weighted by molar-refractivity contribution is -0.287. The highest BCUT2D eigenvalue weighted by atomic mass is 35.5. The number of amides is 4. The minimum absolute atomic E-state index is 0.00859. The maximum absolute atomic E-state index is 14.4. The van der Waals surface area contributed by atoms with Gasteiger partial charge < -0.3 is 48.7 Å². The van der Waals surface area contributed by atoms with Gasteiger partial charge in [-0.1, -0.05) is 23.7 Å². The third-order valence-electron chi connectivity index (χ3n) is 12.4. The van der Waals surface area contributed by atoms with Crippen LogP contribution in [-0.2, 0) is 33.6 Å². The Labute approximate surface area is 439 Å². The molecule has 0 spiro atoms. The fraction of sp³-hybridized carbons (Fsp3) is 0.388. The predicted molar refractivity (Wildman–Crippen MR) is 266 cm³/mol. The summed E-state index contributed by atoms with van der Waals surface area (Å²) in [5, 5.41) is 8.80. The van der Waals surface area contributed by atoms with Gasteiger partial charge in [-0.15, -0.1) is 8.78 Å². The second-order valence-corrected chi connectivity index (χ2v) is 19.9. The van der Waals surface area contributed by atoms with Gasteiger partial charge in [0.05, 0.1) is 90.9 Å². The van der Waals surface area contributed by atoms with E-state index in [1.54, 1.807) is 24.3 Å². The number of piperidine rings is 1. The van der Waals surface area contributed by atoms with E-state index in [1.165, 1.54) is 55.8 Å². The number of alkyl halides is 2. The fourth-order valence-corrected chi connectivity index (χ4v) is 9.56. The molecule has 2 atom stereocenters. The van der Waals surface area contributed by atoms with Crippen molar-refractivity contribution < 1.29 is 69.5 Å². The second kappa shape index (κ2) is 23.3. The van der Waals surface area contributed by atoms with E-state index < -0.39 is 51.8 Å². The number of aromatic nitrogens is 4. The molecule has 5 aromatic rings. The smallest absolute Gasteiger partial charge is 0.491 e. The number of fused-ring (bicyclic) bond motifs is 2. The van der Waals surface area contributed by atoms with Gasteiger partial charge in [0.2, 0.25) is 23.7 Å². The van der Waals surface area contributed by atoms with Crippen molar-refractivity contribution in [1.29, 1.82) is 0 Å². The molecule has 0 radical (unpaired) electrons. The molecule has 4 amide bonds. The van der Waals surface area contributed by atoms with E-state index in [4.69, 9.17) is 44.8 Å². The number of para-hydroxylation sites is 1. The molecule has 4 aliphatic heterocycles. The summed E-state index contributed by atoms with van der Waals surface area (Å²) in [7, 11) is -2.33. The molecule has 76 heavy (non-hydrogen) atoms. The third-order valence-corrected chi connectivity index (χ3v) is 13.9. The Hall–Kier alpha value is -7.36. The zero-order chi connectivity index (χ0) is 53.6. The number of hydrogen-bond acceptors (Lipinski definition) is 21. The van der Waals surface area contributed by atoms with E-state index in [2.05, 4.69) is 40.8 Å². The average molecular weight is 1090 g/mol. The molecule has 0 aliphatic carbocycles. The summed E-state index contributed by atoms with van der Waals surface area (Å²) in [5.41, 5.74) is 1.23. The van der Waals surface area contributed by atoms with Crippen LogP contribution in [0, 0.1) is 0 Å². The molecule has 0 saturated carbocycles. The largest absolute Gasteiger partial charge is 0.586 e. The first kappa shape index (κ1) is 53.5. The number of nitrogens with zero attached hydrogens (tertiary/aromatic N) is 7. The summed E-state index contributed by atoms with van der Waals surface area (Å²) in [5.74, 6) is -2.07. The predicted octanol–water partition coefficient (Wildman–Crippen LogP) is 4.25. The Morgan fingerprint density at radius 2 is 1.58 bits per heavy atom. The maximum atomic E-state index is 14.4. The van der Waals surface area contributed by atoms with Crippen LogP contribution in [0.2, 0.25) is 5.02 Å². The standard InChI is InChI=1S/C49H51ClF2N10O13S/c1-69-48-58-46(55-36-28-30(76(2,67)68)9-11-35(36)54-40(41-34(50)6-4-14-53-41)32-5-3-7-38-42(32)75-49(51,52)74-38)57-47(59-48)61-17-15-60(16-18-61)19-20-70-21-22-71-23-24-72-25-26-73-29-8-10-31-33(27-29)45(66)62(44(31)65)37-12-13-39(63)56-43(37)64/h3-11,14,27-28,37,40,54H,12-13,15-26H2,1-2H3,(H,56,63,64)(H,55,57,58,59)/t37?,40-/m0/s1. The number of piperazine rings is 1. The van der Waals surface area contributed by atoms with Gasteiger partial charge in [-0.3, -0.25) is 39.3 Å². The molecule has 1 unspecified atom stereocenters. The normalized spacial score (nSPS) is 17.6. The van der Waals surface area contributed by atoms with Crippen molar-refractivity contribution >= 4 is 68.3 Å². The minimum Gasteiger partial charge on any atom is -0.491 e. The quantitative estimate of drug-likeness (QED) is 0.0610. The summed E-state index contributed by atoms with van der Waals surface area (Å²) >= 11 is 6.64. The first-order valence-electron chi connectivity index (χ1n) is 23.9. The topological polar surface area (TPSA) is 264 Å². The van der Waals surface area contributed by atoms with Crippen LogP contribution in [0.4, 0.5) is 32.1 Å². The number of ether oxygens (including phenoxy) is 7. The number of carbonyl (C=O) groups is 4. The number of hydrogen-bond donors (Lipinski definition) is 3. The summed E-state index contributed by atoms with van der Waals surface area (Å²) < 4.78 is 92.3. The van der Waals surface area contributed by atoms with Crippen molar-refractivity contribution in [2.75, 3.05) is 108 Å². The van der Waals surface area contributed by atoms with Crippen molar-refractivity contribution in [2.45, 2.75) is 36.1 Å². The highest BCUT2D eigenvalue weighted by Gasteiger charge is 2.46. The van der Waals surface area contributed by atoms with Crippen molar-refractivity contribution in [1.82, 2.24) is 35.1 Å². The number of nitrogens with one attached hydrogen (secondary N) is 3. The zero-order valence-electron chi connectivity index (χ0n) is 41.0. The van der Waals surface area contributed by atoms with Gasteiger partial charge in [0.1, 0.15) is 18.4 Å². The molecule has 2 fully saturated rings. The van der Waals surface area contributed by atoms with Crippen LogP contribution in [0.1, 0.15) is 50.9 Å². The van der Waals surface area contributed by atoms with E-state index in [0.29, 0.717) is 83.1 Å². The number of imide groups is 2. The van der Waals surface area contributed by atoms with Crippen molar-refractivity contribution in [3.63, 3.8) is 0 Å². The summed E-state index contributed by atoms with van der Waals surface area (Å²) in [6.07, 6.45) is -1.26. The molecular weight excluding hydrogens is 1040 g/mol. The molecular formula is C49H51ClF2N10O13S. The molecule has 27 heteroatoms. The van der Waals surface area contributed by atoms with Gasteiger partial charge in [0, 0.05) is 57.2 Å². The van der Waals surface area contributed by atoms with Crippen molar-refractivity contribution in [3.8, 4) is 23.3 Å². The Kier molecular flexibility index (Phi) is 16.4. The zero-order valence-corrected chi connectivity index (χ0v) is 42.5. The average Bonchev–Trinajstić information content (AvgIpc) is 3.90. The first-order valence-corrected chi connectivity index (χ1v) is 26.2. The SMILES string of the molecule is COc1nc(Nc2cc(S(C)(=O)=O)ccc2N[C@@H](c2cccc3c2OC(F)(F)O3)c2ncccc2Cl)nc(N2CCN(CCOCCOCCOCCOc3ccc4c(c3)C(=O)N(C3CCC(=O)NC3=O)C4=O)CC2)n1. The molecule has 4 aliphatic rings. The Morgan fingerprint density at radius 1 is 0.842 bits per heavy atom. The lowest BCUT2D eigenvalue weighted by Gasteiger charge is -2.34. The van der Waals surface area contributed by atoms with E-state index in [-0.39, 0.29) is 87.5 Å². The Bertz CT molecular complexity index is 3120. The van der Waals surface area contributed by atoms with E-state index >= 15 is 0 Å². The fourth-order valence-electron chi connectivity index (χ4n) is 8.68. The van der Waals surface area contributed by atoms with E-state index in [9.17, 15) is 36.4 Å². The highest BCUT2D eigenvalue weighted by molar-refractivity contribution is 7.90. The van der Waals surface area contributed by atoms with Crippen LogP contribution in [-0.4, -0.2) is 166 Å². The van der Waals surface area contributed by atoms with Gasteiger partial charge in [-0.25, -0.2) is 8.42 Å². The Balaban J connectivity index is 0.719. The number of halogens is 3. The van der Waals surface area contributed by atoms with Gasteiger partial charge in [0.25, 0.3) is 11.8 Å². The lowest BCUT2D eigenvalue weighted by atomic mass is 10.0. The monoisotopic (exact) mass is 1090 g/mol. The number of pyridine rings is 1. The van der Waals surface area contributed by atoms with Gasteiger partial charge >= 0.3 is 12.3 Å². The number of sulfone groups is 1. The molecule has 23 nitrogen and oxygen atoms in total. The molecule has 3 N–H and O–H groups in total. The Morgan fingerprint density at radius 3 is 2.30 bits per heavy atom. The third kappa shape index (κ3) is 12.5. The molecule has 6 heterocycles. The van der Waals surface area contributed by atoms with Crippen molar-refractivity contribution in [3.05, 3.63) is 100 Å². The summed E-state index contributed by atoms with van der Waals surface area (Å²) in [6.45, 7) is 5.36. The van der Waals surface area contributed by atoms with Crippen LogP contribution in [0.15, 0.2) is 77.8 Å². The molecule has 3 aromatic carbocycles. The van der Waals surface area contributed by atoms with Gasteiger partial charge in [-0.05, 0) is 61.0 Å². The number of carbonyl (C=O) groups excluding carboxylic acids is 4. The first-order chi connectivity index (χ1) is 36.5. The summed E-state index contributed by atoms with van der Waals surface area (Å²) in [4.78, 5) is 72.9. The molecule has 0 bridgehead atoms. The van der Waals surface area contributed by atoms with E-state index in [0.717, 1.165) is 11.2 Å². The second-order valence-electron chi connectivity index (χ2n) is 17.5. The number of anilines is 4. The number of benzene rings is 3. The minimum atomic E-state index is -3.92. The highest BCUT2D eigenvalue weighted by Crippen LogP contribution is 2.48. The van der Waals surface area contributed by atoms with Crippen LogP contribution in [0.3, 0.4) is 0 Å². The van der Waals surface area contributed by atoms with Gasteiger partial charge in [0.15, 0.2) is 21.3 Å². The summed E-state index contributed by atoms with van der Waals surface area (Å²) in [6, 6.07) is 14.3. The molecule has 2 saturated heterocycles. The number of methoxy groups -OCH3 is 1. The number of rotatable bonds is 23. The van der Waals surface area contributed by atoms with Crippen molar-refractivity contribution in [2.24, 2.45) is 0 Å². The van der Waals surface area contributed by atoms with Gasteiger partial charge in [-0.2, -0.15) is 15.0 Å². The molecule has 9 rings (SSSR count). The van der Waals surface area contributed by atoms with Crippen LogP contribution >= 0.6 is 11.6 Å². The maximum Gasteiger partial charge on any atom is 0.586 e. The lowest BCUT2D eigenvalue weighted by Crippen LogP contribution is -2.54.